The molecule has 268 valence electrons. The van der Waals surface area contributed by atoms with Gasteiger partial charge in [0.25, 0.3) is 0 Å². The number of benzene rings is 5. The fourth-order valence-electron chi connectivity index (χ4n) is 9.79. The van der Waals surface area contributed by atoms with Crippen LogP contribution in [-0.2, 0) is 16.2 Å². The van der Waals surface area contributed by atoms with E-state index >= 15 is 0 Å². The van der Waals surface area contributed by atoms with Gasteiger partial charge in [-0.15, -0.1) is 0 Å². The average Bonchev–Trinajstić information content (AvgIpc) is 3.69. The van der Waals surface area contributed by atoms with Crippen LogP contribution in [0, 0.1) is 0 Å². The number of anilines is 3. The van der Waals surface area contributed by atoms with Crippen LogP contribution < -0.4 is 4.90 Å². The highest BCUT2D eigenvalue weighted by atomic mass is 15.2. The summed E-state index contributed by atoms with van der Waals surface area (Å²) < 4.78 is 4.76. The van der Waals surface area contributed by atoms with E-state index in [4.69, 9.17) is 9.97 Å². The first-order chi connectivity index (χ1) is 26.4. The van der Waals surface area contributed by atoms with E-state index in [1.807, 2.05) is 18.5 Å². The monoisotopic (exact) mass is 713 g/mol. The Morgan fingerprint density at radius 1 is 0.491 bits per heavy atom. The Labute approximate surface area is 321 Å². The summed E-state index contributed by atoms with van der Waals surface area (Å²) in [5.41, 5.74) is 15.3. The van der Waals surface area contributed by atoms with Crippen molar-refractivity contribution in [3.05, 3.63) is 162 Å². The third kappa shape index (κ3) is 4.24. The highest BCUT2D eigenvalue weighted by Gasteiger charge is 2.39. The van der Waals surface area contributed by atoms with E-state index in [9.17, 15) is 0 Å². The number of hydrogen-bond donors (Lipinski definition) is 0. The van der Waals surface area contributed by atoms with Crippen LogP contribution in [0.25, 0.3) is 55.2 Å². The predicted octanol–water partition coefficient (Wildman–Crippen LogP) is 12.7. The molecule has 5 heteroatoms. The molecule has 0 atom stereocenters. The molecule has 5 nitrogen and oxygen atoms in total. The summed E-state index contributed by atoms with van der Waals surface area (Å²) in [7, 11) is 0. The Morgan fingerprint density at radius 3 is 2.02 bits per heavy atom. The number of pyridine rings is 2. The van der Waals surface area contributed by atoms with Crippen LogP contribution in [0.3, 0.4) is 0 Å². The summed E-state index contributed by atoms with van der Waals surface area (Å²) in [6, 6.07) is 45.1. The van der Waals surface area contributed by atoms with Crippen molar-refractivity contribution in [1.29, 1.82) is 0 Å². The number of fused-ring (bicyclic) bond motifs is 10. The summed E-state index contributed by atoms with van der Waals surface area (Å²) in [6.07, 6.45) is 3.84. The first-order valence-corrected chi connectivity index (χ1v) is 19.4. The molecule has 6 heterocycles. The Hall–Kier alpha value is -6.20. The molecule has 2 aliphatic rings. The topological polar surface area (TPSA) is 38.9 Å². The zero-order valence-electron chi connectivity index (χ0n) is 32.4. The van der Waals surface area contributed by atoms with Crippen molar-refractivity contribution in [3.63, 3.8) is 0 Å². The first-order valence-electron chi connectivity index (χ1n) is 19.4. The van der Waals surface area contributed by atoms with Gasteiger partial charge >= 0.3 is 0 Å². The molecule has 11 rings (SSSR count). The lowest BCUT2D eigenvalue weighted by Gasteiger charge is -2.42. The minimum absolute atomic E-state index is 0.00195. The molecular formula is C50H43N5. The van der Waals surface area contributed by atoms with Crippen molar-refractivity contribution in [2.45, 2.75) is 64.7 Å². The number of hydrogen-bond acceptors (Lipinski definition) is 3. The fraction of sp³-hybridized carbons (Fsp3) is 0.200. The smallest absolute Gasteiger partial charge is 0.145 e. The van der Waals surface area contributed by atoms with Crippen LogP contribution in [-0.4, -0.2) is 19.1 Å². The summed E-state index contributed by atoms with van der Waals surface area (Å²) in [5.74, 6) is 1.02. The van der Waals surface area contributed by atoms with E-state index in [0.717, 1.165) is 33.7 Å². The number of para-hydroxylation sites is 2. The lowest BCUT2D eigenvalue weighted by atomic mass is 9.73. The summed E-state index contributed by atoms with van der Waals surface area (Å²) in [4.78, 5) is 12.5. The summed E-state index contributed by atoms with van der Waals surface area (Å²) in [5, 5.41) is 4.90. The minimum Gasteiger partial charge on any atom is -0.310 e. The molecule has 0 radical (unpaired) electrons. The molecular weight excluding hydrogens is 671 g/mol. The molecule has 0 unspecified atom stereocenters. The Morgan fingerprint density at radius 2 is 1.16 bits per heavy atom. The second-order valence-electron chi connectivity index (χ2n) is 17.6. The van der Waals surface area contributed by atoms with Crippen LogP contribution in [0.15, 0.2) is 134 Å². The quantitative estimate of drug-likeness (QED) is 0.179. The molecule has 0 bridgehead atoms. The van der Waals surface area contributed by atoms with Crippen LogP contribution in [0.4, 0.5) is 17.1 Å². The van der Waals surface area contributed by atoms with E-state index in [1.165, 1.54) is 66.4 Å². The van der Waals surface area contributed by atoms with Crippen molar-refractivity contribution < 1.29 is 0 Å². The maximum absolute atomic E-state index is 5.10. The number of aromatic nitrogens is 4. The van der Waals surface area contributed by atoms with Crippen LogP contribution in [0.2, 0.25) is 0 Å². The van der Waals surface area contributed by atoms with Crippen molar-refractivity contribution in [3.8, 4) is 11.5 Å². The molecule has 0 amide bonds. The maximum Gasteiger partial charge on any atom is 0.145 e. The highest BCUT2D eigenvalue weighted by Crippen LogP contribution is 2.54. The van der Waals surface area contributed by atoms with Crippen molar-refractivity contribution in [2.24, 2.45) is 0 Å². The van der Waals surface area contributed by atoms with Crippen molar-refractivity contribution >= 4 is 60.8 Å². The van der Waals surface area contributed by atoms with Gasteiger partial charge in [-0.05, 0) is 88.3 Å². The lowest BCUT2D eigenvalue weighted by molar-refractivity contribution is 0.581. The van der Waals surface area contributed by atoms with Crippen LogP contribution in [0.1, 0.15) is 76.3 Å². The van der Waals surface area contributed by atoms with Gasteiger partial charge in [-0.25, -0.2) is 9.97 Å². The average molecular weight is 714 g/mol. The number of nitrogens with zero attached hydrogens (tertiary/aromatic N) is 5. The standard InChI is InChI=1S/C50H43N5/c1-48(2,3)30-26-36-34-22-20-31(28-43(34)55-45(36)40(27-30)50(6,7)39-17-13-25-52-47(39)55)53-42-19-11-9-16-37(42)49(4,5)38-23-21-32(29-44(38)53)54-41-18-10-8-14-33(41)35-15-12-24-51-46(35)54/h8-29H,1-7H3. The van der Waals surface area contributed by atoms with Gasteiger partial charge < -0.3 is 4.90 Å². The van der Waals surface area contributed by atoms with Gasteiger partial charge in [0.15, 0.2) is 0 Å². The summed E-state index contributed by atoms with van der Waals surface area (Å²) >= 11 is 0. The minimum atomic E-state index is -0.216. The van der Waals surface area contributed by atoms with E-state index in [2.05, 4.69) is 178 Å². The first kappa shape index (κ1) is 32.2. The van der Waals surface area contributed by atoms with E-state index < -0.39 is 0 Å². The maximum atomic E-state index is 5.10. The number of rotatable bonds is 2. The highest BCUT2D eigenvalue weighted by molar-refractivity contribution is 6.13. The van der Waals surface area contributed by atoms with Gasteiger partial charge in [-0.2, -0.15) is 0 Å². The van der Waals surface area contributed by atoms with Crippen LogP contribution in [0.5, 0.6) is 0 Å². The predicted molar refractivity (Wildman–Crippen MR) is 228 cm³/mol. The largest absolute Gasteiger partial charge is 0.310 e. The SMILES string of the molecule is CC(C)(C)c1cc2c3c(c1)c1ccc(N4c5ccccc5C(C)(C)c5ccc(-n6c7ccccc7c7cccnc76)cc54)cc1n3-c1ncccc1C2(C)C. The van der Waals surface area contributed by atoms with Crippen molar-refractivity contribution in [2.75, 3.05) is 4.90 Å². The molecule has 5 aromatic carbocycles. The molecule has 0 fully saturated rings. The Kier molecular flexibility index (Phi) is 6.29. The lowest BCUT2D eigenvalue weighted by Crippen LogP contribution is -2.30. The van der Waals surface area contributed by atoms with Gasteiger partial charge in [0, 0.05) is 61.7 Å². The van der Waals surface area contributed by atoms with Crippen molar-refractivity contribution in [1.82, 2.24) is 19.1 Å². The summed E-state index contributed by atoms with van der Waals surface area (Å²) in [6.45, 7) is 16.4. The van der Waals surface area contributed by atoms with Crippen LogP contribution >= 0.6 is 0 Å². The molecule has 0 N–H and O–H groups in total. The fourth-order valence-corrected chi connectivity index (χ4v) is 9.79. The molecule has 0 saturated heterocycles. The molecule has 2 aliphatic heterocycles. The molecule has 0 spiro atoms. The molecule has 9 aromatic rings. The molecule has 55 heavy (non-hydrogen) atoms. The second-order valence-corrected chi connectivity index (χ2v) is 17.6. The molecule has 0 saturated carbocycles. The third-order valence-corrected chi connectivity index (χ3v) is 12.7. The van der Waals surface area contributed by atoms with Gasteiger partial charge in [0.2, 0.25) is 0 Å². The molecule has 0 aliphatic carbocycles. The van der Waals surface area contributed by atoms with Gasteiger partial charge in [0.1, 0.15) is 11.5 Å². The third-order valence-electron chi connectivity index (χ3n) is 12.7. The van der Waals surface area contributed by atoms with E-state index in [1.54, 1.807) is 0 Å². The van der Waals surface area contributed by atoms with Gasteiger partial charge in [0.05, 0.1) is 27.9 Å². The molecule has 4 aromatic heterocycles. The normalized spacial score (nSPS) is 15.4. The zero-order valence-corrected chi connectivity index (χ0v) is 32.4. The van der Waals surface area contributed by atoms with E-state index in [0.29, 0.717) is 0 Å². The van der Waals surface area contributed by atoms with Gasteiger partial charge in [-0.3, -0.25) is 9.13 Å². The second kappa shape index (κ2) is 10.7. The zero-order chi connectivity index (χ0) is 37.6. The van der Waals surface area contributed by atoms with Gasteiger partial charge in [-0.1, -0.05) is 109 Å². The Bertz CT molecular complexity index is 3040. The van der Waals surface area contributed by atoms with E-state index in [-0.39, 0.29) is 16.2 Å². The Balaban J connectivity index is 1.21.